The second kappa shape index (κ2) is 7.81. The lowest BCUT2D eigenvalue weighted by Crippen LogP contribution is -2.43. The first-order valence-corrected chi connectivity index (χ1v) is 8.17. The molecule has 1 saturated heterocycles. The molecule has 1 aromatic carbocycles. The summed E-state index contributed by atoms with van der Waals surface area (Å²) in [6.45, 7) is 7.77. The fourth-order valence-electron chi connectivity index (χ4n) is 2.76. The molecule has 1 atom stereocenters. The van der Waals surface area contributed by atoms with Gasteiger partial charge in [-0.25, -0.2) is 0 Å². The summed E-state index contributed by atoms with van der Waals surface area (Å²) >= 11 is 6.03. The highest BCUT2D eigenvalue weighted by atomic mass is 35.5. The van der Waals surface area contributed by atoms with Crippen molar-refractivity contribution in [1.82, 2.24) is 10.2 Å². The summed E-state index contributed by atoms with van der Waals surface area (Å²) in [5.74, 6) is 0.830. The van der Waals surface area contributed by atoms with E-state index in [2.05, 4.69) is 30.1 Å². The number of nitrogens with zero attached hydrogens (tertiary/aromatic N) is 1. The lowest BCUT2D eigenvalue weighted by Gasteiger charge is -2.32. The van der Waals surface area contributed by atoms with E-state index < -0.39 is 0 Å². The SMILES string of the molecule is CC(C)CNC(=O)C1CCCN(Cc2cccc(Cl)c2)C1. The second-order valence-electron chi connectivity index (χ2n) is 6.34. The zero-order valence-electron chi connectivity index (χ0n) is 12.9. The van der Waals surface area contributed by atoms with E-state index in [-0.39, 0.29) is 11.8 Å². The molecule has 1 N–H and O–H groups in total. The quantitative estimate of drug-likeness (QED) is 0.905. The van der Waals surface area contributed by atoms with Gasteiger partial charge in [0.05, 0.1) is 5.92 Å². The largest absolute Gasteiger partial charge is 0.356 e. The normalized spacial score (nSPS) is 19.7. The minimum absolute atomic E-state index is 0.122. The number of hydrogen-bond donors (Lipinski definition) is 1. The van der Waals surface area contributed by atoms with Crippen LogP contribution in [0.1, 0.15) is 32.3 Å². The molecule has 1 amide bonds. The van der Waals surface area contributed by atoms with Crippen molar-refractivity contribution in [1.29, 1.82) is 0 Å². The minimum Gasteiger partial charge on any atom is -0.356 e. The number of amides is 1. The predicted molar refractivity (Wildman–Crippen MR) is 87.3 cm³/mol. The molecule has 2 rings (SSSR count). The van der Waals surface area contributed by atoms with Crippen molar-refractivity contribution in [2.75, 3.05) is 19.6 Å². The standard InChI is InChI=1S/C17H25ClN2O/c1-13(2)10-19-17(21)15-6-4-8-20(12-15)11-14-5-3-7-16(18)9-14/h3,5,7,9,13,15H,4,6,8,10-12H2,1-2H3,(H,19,21). The van der Waals surface area contributed by atoms with Gasteiger partial charge in [-0.1, -0.05) is 37.6 Å². The number of likely N-dealkylation sites (tertiary alicyclic amines) is 1. The van der Waals surface area contributed by atoms with Crippen LogP contribution in [0.2, 0.25) is 5.02 Å². The van der Waals surface area contributed by atoms with Crippen molar-refractivity contribution >= 4 is 17.5 Å². The van der Waals surface area contributed by atoms with Crippen LogP contribution < -0.4 is 5.32 Å². The van der Waals surface area contributed by atoms with E-state index in [1.807, 2.05) is 18.2 Å². The van der Waals surface area contributed by atoms with Crippen LogP contribution in [0.25, 0.3) is 0 Å². The molecule has 0 aliphatic carbocycles. The van der Waals surface area contributed by atoms with Crippen LogP contribution in [-0.4, -0.2) is 30.4 Å². The minimum atomic E-state index is 0.122. The Kier molecular flexibility index (Phi) is 6.07. The fourth-order valence-corrected chi connectivity index (χ4v) is 2.97. The van der Waals surface area contributed by atoms with Gasteiger partial charge in [-0.2, -0.15) is 0 Å². The molecule has 1 heterocycles. The monoisotopic (exact) mass is 308 g/mol. The third-order valence-electron chi connectivity index (χ3n) is 3.86. The maximum absolute atomic E-state index is 12.2. The van der Waals surface area contributed by atoms with Crippen molar-refractivity contribution in [2.24, 2.45) is 11.8 Å². The Labute approximate surface area is 132 Å². The topological polar surface area (TPSA) is 32.3 Å². The summed E-state index contributed by atoms with van der Waals surface area (Å²) in [6, 6.07) is 7.97. The van der Waals surface area contributed by atoms with Crippen LogP contribution in [0, 0.1) is 11.8 Å². The van der Waals surface area contributed by atoms with Crippen molar-refractivity contribution in [2.45, 2.75) is 33.2 Å². The van der Waals surface area contributed by atoms with Gasteiger partial charge in [0, 0.05) is 24.7 Å². The van der Waals surface area contributed by atoms with Gasteiger partial charge in [0.1, 0.15) is 0 Å². The van der Waals surface area contributed by atoms with Gasteiger partial charge < -0.3 is 5.32 Å². The van der Waals surface area contributed by atoms with E-state index in [1.165, 1.54) is 5.56 Å². The van der Waals surface area contributed by atoms with Gasteiger partial charge in [-0.3, -0.25) is 9.69 Å². The van der Waals surface area contributed by atoms with E-state index in [0.29, 0.717) is 5.92 Å². The summed E-state index contributed by atoms with van der Waals surface area (Å²) in [6.07, 6.45) is 2.08. The molecule has 1 aromatic rings. The van der Waals surface area contributed by atoms with Crippen LogP contribution in [-0.2, 0) is 11.3 Å². The van der Waals surface area contributed by atoms with Crippen LogP contribution in [0.4, 0.5) is 0 Å². The van der Waals surface area contributed by atoms with Gasteiger partial charge in [0.15, 0.2) is 0 Å². The van der Waals surface area contributed by atoms with Crippen LogP contribution >= 0.6 is 11.6 Å². The summed E-state index contributed by atoms with van der Waals surface area (Å²) in [5.41, 5.74) is 1.21. The van der Waals surface area contributed by atoms with E-state index in [9.17, 15) is 4.79 Å². The Bertz CT molecular complexity index is 476. The molecule has 0 saturated carbocycles. The number of halogens is 1. The van der Waals surface area contributed by atoms with Gasteiger partial charge in [-0.05, 0) is 43.0 Å². The molecule has 3 nitrogen and oxygen atoms in total. The molecule has 0 spiro atoms. The van der Waals surface area contributed by atoms with Gasteiger partial charge in [0.2, 0.25) is 5.91 Å². The summed E-state index contributed by atoms with van der Waals surface area (Å²) in [4.78, 5) is 14.6. The third-order valence-corrected chi connectivity index (χ3v) is 4.09. The van der Waals surface area contributed by atoms with Crippen molar-refractivity contribution in [3.8, 4) is 0 Å². The lowest BCUT2D eigenvalue weighted by atomic mass is 9.96. The van der Waals surface area contributed by atoms with Crippen molar-refractivity contribution in [3.05, 3.63) is 34.9 Å². The first kappa shape index (κ1) is 16.3. The lowest BCUT2D eigenvalue weighted by molar-refractivity contribution is -0.126. The van der Waals surface area contributed by atoms with E-state index in [4.69, 9.17) is 11.6 Å². The average molecular weight is 309 g/mol. The van der Waals surface area contributed by atoms with E-state index in [0.717, 1.165) is 44.0 Å². The highest BCUT2D eigenvalue weighted by Gasteiger charge is 2.25. The highest BCUT2D eigenvalue weighted by molar-refractivity contribution is 6.30. The molecule has 1 aliphatic rings. The molecular weight excluding hydrogens is 284 g/mol. The van der Waals surface area contributed by atoms with Crippen molar-refractivity contribution in [3.63, 3.8) is 0 Å². The average Bonchev–Trinajstić information content (AvgIpc) is 2.45. The Morgan fingerprint density at radius 1 is 1.48 bits per heavy atom. The van der Waals surface area contributed by atoms with Crippen LogP contribution in [0.3, 0.4) is 0 Å². The van der Waals surface area contributed by atoms with Crippen LogP contribution in [0.5, 0.6) is 0 Å². The Morgan fingerprint density at radius 3 is 3.00 bits per heavy atom. The highest BCUT2D eigenvalue weighted by Crippen LogP contribution is 2.20. The number of hydrogen-bond acceptors (Lipinski definition) is 2. The second-order valence-corrected chi connectivity index (χ2v) is 6.78. The van der Waals surface area contributed by atoms with Gasteiger partial charge in [-0.15, -0.1) is 0 Å². The van der Waals surface area contributed by atoms with E-state index in [1.54, 1.807) is 0 Å². The third kappa shape index (κ3) is 5.33. The summed E-state index contributed by atoms with van der Waals surface area (Å²) in [5, 5.41) is 3.83. The number of rotatable bonds is 5. The van der Waals surface area contributed by atoms with E-state index >= 15 is 0 Å². The molecular formula is C17H25ClN2O. The number of carbonyl (C=O) groups excluding carboxylic acids is 1. The number of benzene rings is 1. The maximum atomic E-state index is 12.2. The fraction of sp³-hybridized carbons (Fsp3) is 0.588. The Morgan fingerprint density at radius 2 is 2.29 bits per heavy atom. The number of piperidine rings is 1. The zero-order valence-corrected chi connectivity index (χ0v) is 13.7. The molecule has 0 bridgehead atoms. The first-order chi connectivity index (χ1) is 10.0. The molecule has 0 radical (unpaired) electrons. The molecule has 21 heavy (non-hydrogen) atoms. The predicted octanol–water partition coefficient (Wildman–Crippen LogP) is 3.32. The van der Waals surface area contributed by atoms with Gasteiger partial charge in [0.25, 0.3) is 0 Å². The molecule has 1 unspecified atom stereocenters. The summed E-state index contributed by atoms with van der Waals surface area (Å²) < 4.78 is 0. The smallest absolute Gasteiger partial charge is 0.224 e. The van der Waals surface area contributed by atoms with Gasteiger partial charge >= 0.3 is 0 Å². The Balaban J connectivity index is 1.87. The number of carbonyl (C=O) groups is 1. The molecule has 116 valence electrons. The molecule has 4 heteroatoms. The zero-order chi connectivity index (χ0) is 15.2. The molecule has 1 fully saturated rings. The first-order valence-electron chi connectivity index (χ1n) is 7.79. The molecule has 0 aromatic heterocycles. The summed E-state index contributed by atoms with van der Waals surface area (Å²) in [7, 11) is 0. The van der Waals surface area contributed by atoms with Crippen LogP contribution in [0.15, 0.2) is 24.3 Å². The number of nitrogens with one attached hydrogen (secondary N) is 1. The van der Waals surface area contributed by atoms with Crippen molar-refractivity contribution < 1.29 is 4.79 Å². The Hall–Kier alpha value is -1.06. The maximum Gasteiger partial charge on any atom is 0.224 e. The molecule has 1 aliphatic heterocycles.